The smallest absolute Gasteiger partial charge is 0.410 e. The highest BCUT2D eigenvalue weighted by atomic mass is 16.6. The summed E-state index contributed by atoms with van der Waals surface area (Å²) >= 11 is 0. The SMILES string of the molecule is CCCCOC(=O)N1C(C(=O)O)CC2CC21. The van der Waals surface area contributed by atoms with E-state index in [-0.39, 0.29) is 6.04 Å². The first-order chi connectivity index (χ1) is 7.65. The molecule has 2 fully saturated rings. The average molecular weight is 227 g/mol. The molecule has 5 nitrogen and oxygen atoms in total. The van der Waals surface area contributed by atoms with Crippen molar-refractivity contribution in [2.75, 3.05) is 6.61 Å². The van der Waals surface area contributed by atoms with Crippen LogP contribution in [-0.2, 0) is 9.53 Å². The molecule has 1 aliphatic carbocycles. The van der Waals surface area contributed by atoms with Gasteiger partial charge in [-0.25, -0.2) is 9.59 Å². The number of piperidine rings is 1. The second kappa shape index (κ2) is 4.31. The molecule has 3 unspecified atom stereocenters. The van der Waals surface area contributed by atoms with E-state index in [2.05, 4.69) is 0 Å². The molecule has 0 aromatic rings. The van der Waals surface area contributed by atoms with Gasteiger partial charge in [0, 0.05) is 6.04 Å². The number of carbonyl (C=O) groups excluding carboxylic acids is 1. The molecule has 1 saturated heterocycles. The number of fused-ring (bicyclic) bond motifs is 1. The number of ether oxygens (including phenoxy) is 1. The van der Waals surface area contributed by atoms with Crippen LogP contribution in [0.25, 0.3) is 0 Å². The van der Waals surface area contributed by atoms with Crippen molar-refractivity contribution >= 4 is 12.1 Å². The van der Waals surface area contributed by atoms with Crippen LogP contribution < -0.4 is 0 Å². The summed E-state index contributed by atoms with van der Waals surface area (Å²) in [5.74, 6) is -0.528. The predicted octanol–water partition coefficient (Wildman–Crippen LogP) is 1.47. The Morgan fingerprint density at radius 2 is 2.19 bits per heavy atom. The van der Waals surface area contributed by atoms with Crippen LogP contribution in [0.15, 0.2) is 0 Å². The quantitative estimate of drug-likeness (QED) is 0.738. The van der Waals surface area contributed by atoms with Crippen molar-refractivity contribution in [3.8, 4) is 0 Å². The Kier molecular flexibility index (Phi) is 3.03. The van der Waals surface area contributed by atoms with Gasteiger partial charge in [-0.05, 0) is 25.2 Å². The lowest BCUT2D eigenvalue weighted by molar-refractivity contribution is -0.142. The van der Waals surface area contributed by atoms with Crippen molar-refractivity contribution in [2.45, 2.75) is 44.7 Å². The third-order valence-electron chi connectivity index (χ3n) is 3.32. The number of amides is 1. The summed E-state index contributed by atoms with van der Waals surface area (Å²) in [6.07, 6.45) is 2.86. The normalized spacial score (nSPS) is 31.1. The third kappa shape index (κ3) is 1.99. The van der Waals surface area contributed by atoms with E-state index in [1.165, 1.54) is 4.90 Å². The lowest BCUT2D eigenvalue weighted by atomic mass is 10.2. The van der Waals surface area contributed by atoms with Crippen LogP contribution in [-0.4, -0.2) is 40.8 Å². The number of carboxylic acid groups (broad SMARTS) is 1. The summed E-state index contributed by atoms with van der Waals surface area (Å²) in [4.78, 5) is 24.1. The van der Waals surface area contributed by atoms with E-state index in [1.807, 2.05) is 6.92 Å². The fraction of sp³-hybridized carbons (Fsp3) is 0.818. The molecule has 2 aliphatic rings. The highest BCUT2D eigenvalue weighted by molar-refractivity contribution is 5.81. The van der Waals surface area contributed by atoms with E-state index >= 15 is 0 Å². The van der Waals surface area contributed by atoms with Gasteiger partial charge < -0.3 is 9.84 Å². The van der Waals surface area contributed by atoms with Crippen LogP contribution in [0.5, 0.6) is 0 Å². The first-order valence-corrected chi connectivity index (χ1v) is 5.83. The van der Waals surface area contributed by atoms with Gasteiger partial charge in [-0.15, -0.1) is 0 Å². The van der Waals surface area contributed by atoms with Crippen molar-refractivity contribution in [1.29, 1.82) is 0 Å². The van der Waals surface area contributed by atoms with Crippen LogP contribution in [0.3, 0.4) is 0 Å². The van der Waals surface area contributed by atoms with Gasteiger partial charge in [0.15, 0.2) is 0 Å². The van der Waals surface area contributed by atoms with Crippen LogP contribution in [0.1, 0.15) is 32.6 Å². The lowest BCUT2D eigenvalue weighted by Crippen LogP contribution is -2.43. The van der Waals surface area contributed by atoms with Crippen molar-refractivity contribution in [3.05, 3.63) is 0 Å². The van der Waals surface area contributed by atoms with Crippen molar-refractivity contribution < 1.29 is 19.4 Å². The van der Waals surface area contributed by atoms with Crippen LogP contribution in [0.2, 0.25) is 0 Å². The zero-order valence-corrected chi connectivity index (χ0v) is 9.39. The zero-order chi connectivity index (χ0) is 11.7. The fourth-order valence-electron chi connectivity index (χ4n) is 2.32. The maximum atomic E-state index is 11.7. The van der Waals surface area contributed by atoms with Gasteiger partial charge in [0.2, 0.25) is 0 Å². The van der Waals surface area contributed by atoms with E-state index in [9.17, 15) is 9.59 Å². The molecule has 0 radical (unpaired) electrons. The second-order valence-corrected chi connectivity index (χ2v) is 4.53. The Hall–Kier alpha value is -1.26. The Morgan fingerprint density at radius 1 is 1.44 bits per heavy atom. The molecule has 1 amide bonds. The van der Waals surface area contributed by atoms with Crippen molar-refractivity contribution in [1.82, 2.24) is 4.90 Å². The summed E-state index contributed by atoms with van der Waals surface area (Å²) in [6.45, 7) is 2.40. The molecule has 0 aromatic carbocycles. The molecular formula is C11H17NO4. The van der Waals surface area contributed by atoms with Gasteiger partial charge >= 0.3 is 12.1 Å². The number of carboxylic acids is 1. The Morgan fingerprint density at radius 3 is 2.81 bits per heavy atom. The summed E-state index contributed by atoms with van der Waals surface area (Å²) < 4.78 is 5.07. The van der Waals surface area contributed by atoms with Crippen LogP contribution in [0.4, 0.5) is 4.79 Å². The number of hydrogen-bond acceptors (Lipinski definition) is 3. The molecule has 1 saturated carbocycles. The first-order valence-electron chi connectivity index (χ1n) is 5.83. The standard InChI is InChI=1S/C11H17NO4/c1-2-3-4-16-11(15)12-8-5-7(8)6-9(12)10(13)14/h7-9H,2-6H2,1H3,(H,13,14). The predicted molar refractivity (Wildman–Crippen MR) is 56.0 cm³/mol. The third-order valence-corrected chi connectivity index (χ3v) is 3.32. The number of carbonyl (C=O) groups is 2. The van der Waals surface area contributed by atoms with Gasteiger partial charge in [-0.3, -0.25) is 4.90 Å². The number of nitrogens with zero attached hydrogens (tertiary/aromatic N) is 1. The number of unbranched alkanes of at least 4 members (excludes halogenated alkanes) is 1. The van der Waals surface area contributed by atoms with Gasteiger partial charge in [-0.1, -0.05) is 13.3 Å². The van der Waals surface area contributed by atoms with Gasteiger partial charge in [0.1, 0.15) is 6.04 Å². The molecule has 0 aromatic heterocycles. The molecule has 1 aliphatic heterocycles. The molecule has 5 heteroatoms. The van der Waals surface area contributed by atoms with E-state index in [4.69, 9.17) is 9.84 Å². The molecular weight excluding hydrogens is 210 g/mol. The first kappa shape index (κ1) is 11.2. The minimum atomic E-state index is -0.917. The molecule has 90 valence electrons. The van der Waals surface area contributed by atoms with Crippen LogP contribution in [0, 0.1) is 5.92 Å². The molecule has 3 atom stereocenters. The fourth-order valence-corrected chi connectivity index (χ4v) is 2.32. The summed E-state index contributed by atoms with van der Waals surface area (Å²) in [5, 5.41) is 8.99. The molecule has 1 heterocycles. The molecule has 1 N–H and O–H groups in total. The maximum Gasteiger partial charge on any atom is 0.410 e. The minimum Gasteiger partial charge on any atom is -0.480 e. The largest absolute Gasteiger partial charge is 0.480 e. The van der Waals surface area contributed by atoms with E-state index in [0.29, 0.717) is 18.9 Å². The number of rotatable bonds is 4. The number of likely N-dealkylation sites (tertiary alicyclic amines) is 1. The Bertz CT molecular complexity index is 304. The minimum absolute atomic E-state index is 0.121. The number of aliphatic carboxylic acids is 1. The highest BCUT2D eigenvalue weighted by Gasteiger charge is 2.56. The summed E-state index contributed by atoms with van der Waals surface area (Å²) in [6, 6.07) is -0.548. The van der Waals surface area contributed by atoms with E-state index in [1.54, 1.807) is 0 Å². The Balaban J connectivity index is 1.90. The second-order valence-electron chi connectivity index (χ2n) is 4.53. The van der Waals surface area contributed by atoms with Crippen molar-refractivity contribution in [2.24, 2.45) is 5.92 Å². The van der Waals surface area contributed by atoms with Gasteiger partial charge in [0.05, 0.1) is 6.61 Å². The lowest BCUT2D eigenvalue weighted by Gasteiger charge is -2.23. The van der Waals surface area contributed by atoms with Crippen LogP contribution >= 0.6 is 0 Å². The Labute approximate surface area is 94.4 Å². The number of hydrogen-bond donors (Lipinski definition) is 1. The molecule has 0 bridgehead atoms. The summed E-state index contributed by atoms with van der Waals surface area (Å²) in [5.41, 5.74) is 0. The van der Waals surface area contributed by atoms with E-state index in [0.717, 1.165) is 19.3 Å². The average Bonchev–Trinajstić information content (AvgIpc) is 2.89. The van der Waals surface area contributed by atoms with Crippen molar-refractivity contribution in [3.63, 3.8) is 0 Å². The maximum absolute atomic E-state index is 11.7. The summed E-state index contributed by atoms with van der Waals surface area (Å²) in [7, 11) is 0. The van der Waals surface area contributed by atoms with Gasteiger partial charge in [-0.2, -0.15) is 0 Å². The molecule has 16 heavy (non-hydrogen) atoms. The zero-order valence-electron chi connectivity index (χ0n) is 9.39. The monoisotopic (exact) mass is 227 g/mol. The molecule has 0 spiro atoms. The van der Waals surface area contributed by atoms with Gasteiger partial charge in [0.25, 0.3) is 0 Å². The topological polar surface area (TPSA) is 66.8 Å². The van der Waals surface area contributed by atoms with E-state index < -0.39 is 18.1 Å². The molecule has 2 rings (SSSR count). The highest BCUT2D eigenvalue weighted by Crippen LogP contribution is 2.48.